The van der Waals surface area contributed by atoms with Gasteiger partial charge in [0.15, 0.2) is 0 Å². The summed E-state index contributed by atoms with van der Waals surface area (Å²) in [6.45, 7) is 4.16. The number of ether oxygens (including phenoxy) is 4. The van der Waals surface area contributed by atoms with Crippen molar-refractivity contribution in [3.63, 3.8) is 0 Å². The first-order chi connectivity index (χ1) is 16.5. The number of carbonyl (C=O) groups is 1. The van der Waals surface area contributed by atoms with Crippen LogP contribution in [0.25, 0.3) is 0 Å². The van der Waals surface area contributed by atoms with Crippen molar-refractivity contribution in [2.24, 2.45) is 5.10 Å². The van der Waals surface area contributed by atoms with Crippen molar-refractivity contribution in [3.05, 3.63) is 41.5 Å². The predicted octanol–water partition coefficient (Wildman–Crippen LogP) is 1.69. The van der Waals surface area contributed by atoms with E-state index < -0.39 is 0 Å². The Bertz CT molecular complexity index is 1010. The van der Waals surface area contributed by atoms with Crippen LogP contribution < -0.4 is 24.4 Å². The zero-order valence-electron chi connectivity index (χ0n) is 20.0. The molecule has 0 radical (unpaired) electrons. The maximum Gasteiger partial charge on any atom is 0.254 e. The molecular formula is C24H32N4O6. The number of carbonyl (C=O) groups excluding carboxylic acids is 1. The minimum Gasteiger partial charge on any atom is -0.507 e. The fourth-order valence-electron chi connectivity index (χ4n) is 3.76. The van der Waals surface area contributed by atoms with Crippen LogP contribution in [0.2, 0.25) is 0 Å². The number of rotatable bonds is 10. The second-order valence-corrected chi connectivity index (χ2v) is 7.79. The highest BCUT2D eigenvalue weighted by atomic mass is 16.5. The van der Waals surface area contributed by atoms with E-state index in [0.717, 1.165) is 49.8 Å². The predicted molar refractivity (Wildman–Crippen MR) is 128 cm³/mol. The number of nitrogens with one attached hydrogen (secondary N) is 1. The quantitative estimate of drug-likeness (QED) is 0.398. The van der Waals surface area contributed by atoms with Crippen molar-refractivity contribution < 1.29 is 28.8 Å². The largest absolute Gasteiger partial charge is 0.507 e. The normalized spacial score (nSPS) is 14.7. The Balaban J connectivity index is 1.48. The van der Waals surface area contributed by atoms with Gasteiger partial charge in [0.1, 0.15) is 28.7 Å². The molecule has 184 valence electrons. The fraction of sp³-hybridized carbons (Fsp3) is 0.417. The molecule has 3 rings (SSSR count). The number of hydrogen-bond donors (Lipinski definition) is 2. The summed E-state index contributed by atoms with van der Waals surface area (Å²) < 4.78 is 21.2. The molecule has 2 N–H and O–H groups in total. The molecular weight excluding hydrogens is 440 g/mol. The number of amides is 1. The number of benzene rings is 2. The summed E-state index contributed by atoms with van der Waals surface area (Å²) in [7, 11) is 6.29. The Kier molecular flexibility index (Phi) is 8.94. The Labute approximate surface area is 199 Å². The van der Waals surface area contributed by atoms with Crippen LogP contribution in [-0.4, -0.2) is 88.2 Å². The SMILES string of the molecule is COc1ccc(OC)c(CN2CCN(CC(=O)N/N=C/c3c(O)cc(OC)cc3OC)CC2)c1. The molecule has 1 heterocycles. The molecule has 1 aliphatic heterocycles. The fourth-order valence-corrected chi connectivity index (χ4v) is 3.76. The van der Waals surface area contributed by atoms with Crippen LogP contribution in [0.1, 0.15) is 11.1 Å². The van der Waals surface area contributed by atoms with E-state index in [2.05, 4.69) is 20.3 Å². The second kappa shape index (κ2) is 12.1. The number of phenols is 1. The number of piperazine rings is 1. The number of hydrazone groups is 1. The van der Waals surface area contributed by atoms with Crippen LogP contribution >= 0.6 is 0 Å². The smallest absolute Gasteiger partial charge is 0.254 e. The zero-order valence-corrected chi connectivity index (χ0v) is 20.0. The van der Waals surface area contributed by atoms with Gasteiger partial charge in [0.25, 0.3) is 5.91 Å². The van der Waals surface area contributed by atoms with Crippen molar-refractivity contribution in [2.45, 2.75) is 6.54 Å². The highest BCUT2D eigenvalue weighted by molar-refractivity contribution is 5.89. The van der Waals surface area contributed by atoms with Crippen LogP contribution in [-0.2, 0) is 11.3 Å². The van der Waals surface area contributed by atoms with Crippen molar-refractivity contribution >= 4 is 12.1 Å². The molecule has 0 saturated carbocycles. The minimum absolute atomic E-state index is 0.0574. The van der Waals surface area contributed by atoms with E-state index in [1.54, 1.807) is 20.3 Å². The lowest BCUT2D eigenvalue weighted by atomic mass is 10.1. The number of phenolic OH excluding ortho intramolecular Hbond substituents is 1. The topological polar surface area (TPSA) is 105 Å². The summed E-state index contributed by atoms with van der Waals surface area (Å²) in [6, 6.07) is 8.87. The van der Waals surface area contributed by atoms with Gasteiger partial charge < -0.3 is 24.1 Å². The molecule has 34 heavy (non-hydrogen) atoms. The molecule has 10 nitrogen and oxygen atoms in total. The Morgan fingerprint density at radius 1 is 0.941 bits per heavy atom. The van der Waals surface area contributed by atoms with E-state index in [9.17, 15) is 9.90 Å². The highest BCUT2D eigenvalue weighted by Gasteiger charge is 2.20. The van der Waals surface area contributed by atoms with Crippen molar-refractivity contribution in [3.8, 4) is 28.7 Å². The van der Waals surface area contributed by atoms with Gasteiger partial charge in [-0.15, -0.1) is 0 Å². The van der Waals surface area contributed by atoms with Crippen molar-refractivity contribution in [1.82, 2.24) is 15.2 Å². The van der Waals surface area contributed by atoms with Crippen LogP contribution in [0.3, 0.4) is 0 Å². The van der Waals surface area contributed by atoms with Crippen LogP contribution in [0.15, 0.2) is 35.4 Å². The number of nitrogens with zero attached hydrogens (tertiary/aromatic N) is 3. The molecule has 1 amide bonds. The van der Waals surface area contributed by atoms with Gasteiger partial charge in [-0.05, 0) is 18.2 Å². The summed E-state index contributed by atoms with van der Waals surface area (Å²) in [5, 5.41) is 14.1. The van der Waals surface area contributed by atoms with Crippen LogP contribution in [0, 0.1) is 0 Å². The molecule has 0 bridgehead atoms. The molecule has 0 aromatic heterocycles. The Hall–Kier alpha value is -3.50. The van der Waals surface area contributed by atoms with Crippen molar-refractivity contribution in [2.75, 3.05) is 61.2 Å². The third kappa shape index (κ3) is 6.52. The summed E-state index contributed by atoms with van der Waals surface area (Å²) in [4.78, 5) is 16.7. The molecule has 10 heteroatoms. The molecule has 1 aliphatic rings. The van der Waals surface area contributed by atoms with E-state index in [4.69, 9.17) is 18.9 Å². The highest BCUT2D eigenvalue weighted by Crippen LogP contribution is 2.31. The van der Waals surface area contributed by atoms with Gasteiger partial charge in [-0.1, -0.05) is 0 Å². The molecule has 2 aromatic rings. The summed E-state index contributed by atoms with van der Waals surface area (Å²) in [6.07, 6.45) is 1.35. The van der Waals surface area contributed by atoms with Crippen molar-refractivity contribution in [1.29, 1.82) is 0 Å². The van der Waals surface area contributed by atoms with Crippen LogP contribution in [0.5, 0.6) is 28.7 Å². The zero-order chi connectivity index (χ0) is 24.5. The van der Waals surface area contributed by atoms with E-state index in [0.29, 0.717) is 17.1 Å². The first-order valence-corrected chi connectivity index (χ1v) is 10.9. The molecule has 1 saturated heterocycles. The lowest BCUT2D eigenvalue weighted by Gasteiger charge is -2.34. The molecule has 1 fully saturated rings. The number of methoxy groups -OCH3 is 4. The minimum atomic E-state index is -0.230. The third-order valence-electron chi connectivity index (χ3n) is 5.65. The average Bonchev–Trinajstić information content (AvgIpc) is 2.85. The molecule has 0 spiro atoms. The van der Waals surface area contributed by atoms with Crippen LogP contribution in [0.4, 0.5) is 0 Å². The van der Waals surface area contributed by atoms with Gasteiger partial charge in [-0.2, -0.15) is 5.10 Å². The maximum atomic E-state index is 12.3. The number of aromatic hydroxyl groups is 1. The first-order valence-electron chi connectivity index (χ1n) is 10.9. The molecule has 0 aliphatic carbocycles. The summed E-state index contributed by atoms with van der Waals surface area (Å²) in [5.74, 6) is 2.19. The van der Waals surface area contributed by atoms with E-state index in [-0.39, 0.29) is 18.2 Å². The lowest BCUT2D eigenvalue weighted by molar-refractivity contribution is -0.122. The van der Waals surface area contributed by atoms with Gasteiger partial charge in [0.05, 0.1) is 46.8 Å². The van der Waals surface area contributed by atoms with Gasteiger partial charge in [-0.25, -0.2) is 5.43 Å². The second-order valence-electron chi connectivity index (χ2n) is 7.79. The molecule has 0 unspecified atom stereocenters. The molecule has 0 atom stereocenters. The van der Waals surface area contributed by atoms with E-state index in [1.807, 2.05) is 18.2 Å². The standard InChI is InChI=1S/C24H32N4O6/c1-31-18-5-6-22(33-3)17(11-18)15-27-7-9-28(10-8-27)16-24(30)26-25-14-20-21(29)12-19(32-2)13-23(20)34-4/h5-6,11-14,29H,7-10,15-16H2,1-4H3,(H,26,30)/b25-14+. The maximum absolute atomic E-state index is 12.3. The van der Waals surface area contributed by atoms with Gasteiger partial charge in [0, 0.05) is 50.4 Å². The Morgan fingerprint density at radius 3 is 2.26 bits per heavy atom. The Morgan fingerprint density at radius 2 is 1.62 bits per heavy atom. The van der Waals surface area contributed by atoms with Gasteiger partial charge in [-0.3, -0.25) is 14.6 Å². The third-order valence-corrected chi connectivity index (χ3v) is 5.65. The molecule has 2 aromatic carbocycles. The lowest BCUT2D eigenvalue weighted by Crippen LogP contribution is -2.48. The summed E-state index contributed by atoms with van der Waals surface area (Å²) >= 11 is 0. The summed E-state index contributed by atoms with van der Waals surface area (Å²) in [5.41, 5.74) is 3.93. The van der Waals surface area contributed by atoms with E-state index in [1.165, 1.54) is 26.5 Å². The van der Waals surface area contributed by atoms with Gasteiger partial charge in [0.2, 0.25) is 0 Å². The number of hydrogen-bond acceptors (Lipinski definition) is 9. The monoisotopic (exact) mass is 472 g/mol. The average molecular weight is 473 g/mol. The van der Waals surface area contributed by atoms with E-state index >= 15 is 0 Å². The first kappa shape index (κ1) is 25.1. The van der Waals surface area contributed by atoms with Gasteiger partial charge >= 0.3 is 0 Å².